The van der Waals surface area contributed by atoms with Crippen LogP contribution in [0.1, 0.15) is 25.7 Å². The van der Waals surface area contributed by atoms with Crippen molar-refractivity contribution in [1.82, 2.24) is 14.6 Å². The van der Waals surface area contributed by atoms with Gasteiger partial charge in [0.15, 0.2) is 5.82 Å². The second-order valence-electron chi connectivity index (χ2n) is 4.19. The van der Waals surface area contributed by atoms with Crippen molar-refractivity contribution >= 4 is 22.9 Å². The molecule has 1 N–H and O–H groups in total. The Balaban J connectivity index is 1.97. The van der Waals surface area contributed by atoms with Gasteiger partial charge in [0.05, 0.1) is 0 Å². The number of nitrogens with zero attached hydrogens (tertiary/aromatic N) is 3. The fraction of sp³-hybridized carbons (Fsp3) is 0.455. The smallest absolute Gasteiger partial charge is 0.243 e. The molecular formula is C11H13ClN4. The zero-order valence-electron chi connectivity index (χ0n) is 8.86. The second-order valence-corrected chi connectivity index (χ2v) is 4.53. The highest BCUT2D eigenvalue weighted by atomic mass is 35.5. The molecule has 4 nitrogen and oxygen atoms in total. The maximum Gasteiger partial charge on any atom is 0.243 e. The predicted octanol–water partition coefficient (Wildman–Crippen LogP) is 2.74. The van der Waals surface area contributed by atoms with Gasteiger partial charge in [-0.05, 0) is 36.6 Å². The number of hydrogen-bond acceptors (Lipinski definition) is 3. The maximum atomic E-state index is 5.88. The Morgan fingerprint density at radius 2 is 2.19 bits per heavy atom. The van der Waals surface area contributed by atoms with Crippen molar-refractivity contribution in [1.29, 1.82) is 0 Å². The molecule has 1 aliphatic carbocycles. The minimum absolute atomic E-state index is 0.282. The summed E-state index contributed by atoms with van der Waals surface area (Å²) in [6.07, 6.45) is 6.91. The number of halogens is 1. The van der Waals surface area contributed by atoms with Crippen molar-refractivity contribution in [2.45, 2.75) is 31.7 Å². The molecule has 0 unspecified atom stereocenters. The molecule has 0 atom stereocenters. The van der Waals surface area contributed by atoms with E-state index in [0.29, 0.717) is 6.04 Å². The SMILES string of the molecule is Clc1nc(NC2CCCC2)c2cccn2n1. The summed E-state index contributed by atoms with van der Waals surface area (Å²) < 4.78 is 1.76. The van der Waals surface area contributed by atoms with Gasteiger partial charge in [-0.25, -0.2) is 4.52 Å². The van der Waals surface area contributed by atoms with E-state index in [-0.39, 0.29) is 5.28 Å². The molecule has 2 heterocycles. The molecule has 1 aliphatic rings. The average Bonchev–Trinajstić information content (AvgIpc) is 2.87. The summed E-state index contributed by atoms with van der Waals surface area (Å²) in [6, 6.07) is 4.47. The topological polar surface area (TPSA) is 42.2 Å². The zero-order valence-corrected chi connectivity index (χ0v) is 9.61. The summed E-state index contributed by atoms with van der Waals surface area (Å²) in [5, 5.41) is 7.84. The van der Waals surface area contributed by atoms with E-state index in [2.05, 4.69) is 15.4 Å². The predicted molar refractivity (Wildman–Crippen MR) is 63.9 cm³/mol. The molecule has 2 aromatic rings. The van der Waals surface area contributed by atoms with Crippen LogP contribution in [-0.2, 0) is 0 Å². The summed E-state index contributed by atoms with van der Waals surface area (Å²) in [5.41, 5.74) is 0.983. The Kier molecular flexibility index (Phi) is 2.44. The van der Waals surface area contributed by atoms with Crippen molar-refractivity contribution in [3.63, 3.8) is 0 Å². The van der Waals surface area contributed by atoms with Crippen LogP contribution < -0.4 is 5.32 Å². The molecule has 2 aromatic heterocycles. The van der Waals surface area contributed by atoms with Crippen LogP contribution in [0.25, 0.3) is 5.52 Å². The molecule has 1 fully saturated rings. The first-order valence-corrected chi connectivity index (χ1v) is 5.98. The van der Waals surface area contributed by atoms with Gasteiger partial charge in [0.1, 0.15) is 5.52 Å². The van der Waals surface area contributed by atoms with Crippen LogP contribution in [0.4, 0.5) is 5.82 Å². The molecular weight excluding hydrogens is 224 g/mol. The molecule has 16 heavy (non-hydrogen) atoms. The lowest BCUT2D eigenvalue weighted by Gasteiger charge is -2.13. The zero-order chi connectivity index (χ0) is 11.0. The van der Waals surface area contributed by atoms with E-state index in [1.54, 1.807) is 4.52 Å². The third-order valence-corrected chi connectivity index (χ3v) is 3.22. The minimum atomic E-state index is 0.282. The van der Waals surface area contributed by atoms with Crippen molar-refractivity contribution < 1.29 is 0 Å². The Labute approximate surface area is 98.6 Å². The molecule has 0 spiro atoms. The van der Waals surface area contributed by atoms with Gasteiger partial charge >= 0.3 is 0 Å². The van der Waals surface area contributed by atoms with Crippen LogP contribution in [0.15, 0.2) is 18.3 Å². The molecule has 0 radical (unpaired) electrons. The highest BCUT2D eigenvalue weighted by Crippen LogP contribution is 2.24. The van der Waals surface area contributed by atoms with E-state index in [9.17, 15) is 0 Å². The number of nitrogens with one attached hydrogen (secondary N) is 1. The first kappa shape index (κ1) is 9.90. The van der Waals surface area contributed by atoms with Crippen molar-refractivity contribution in [3.8, 4) is 0 Å². The molecule has 1 saturated carbocycles. The van der Waals surface area contributed by atoms with Crippen molar-refractivity contribution in [2.24, 2.45) is 0 Å². The van der Waals surface area contributed by atoms with Gasteiger partial charge in [0, 0.05) is 12.2 Å². The fourth-order valence-electron chi connectivity index (χ4n) is 2.28. The summed E-state index contributed by atoms with van der Waals surface area (Å²) in [7, 11) is 0. The van der Waals surface area contributed by atoms with Gasteiger partial charge < -0.3 is 5.32 Å². The van der Waals surface area contributed by atoms with Crippen LogP contribution in [-0.4, -0.2) is 20.6 Å². The molecule has 84 valence electrons. The third-order valence-electron chi connectivity index (χ3n) is 3.06. The van der Waals surface area contributed by atoms with Crippen molar-refractivity contribution in [2.75, 3.05) is 5.32 Å². The second kappa shape index (κ2) is 3.94. The quantitative estimate of drug-likeness (QED) is 0.872. The van der Waals surface area contributed by atoms with E-state index >= 15 is 0 Å². The van der Waals surface area contributed by atoms with Gasteiger partial charge in [0.25, 0.3) is 0 Å². The molecule has 0 aromatic carbocycles. The number of hydrogen-bond donors (Lipinski definition) is 1. The van der Waals surface area contributed by atoms with E-state index in [4.69, 9.17) is 11.6 Å². The Morgan fingerprint density at radius 1 is 1.38 bits per heavy atom. The van der Waals surface area contributed by atoms with E-state index in [1.165, 1.54) is 25.7 Å². The lowest BCUT2D eigenvalue weighted by molar-refractivity contribution is 0.747. The maximum absolute atomic E-state index is 5.88. The Morgan fingerprint density at radius 3 is 3.00 bits per heavy atom. The van der Waals surface area contributed by atoms with Crippen LogP contribution >= 0.6 is 11.6 Å². The average molecular weight is 237 g/mol. The Bertz CT molecular complexity index is 502. The largest absolute Gasteiger partial charge is 0.365 e. The van der Waals surface area contributed by atoms with Crippen LogP contribution in [0.2, 0.25) is 5.28 Å². The van der Waals surface area contributed by atoms with Gasteiger partial charge in [-0.15, -0.1) is 5.10 Å². The Hall–Kier alpha value is -1.29. The summed E-state index contributed by atoms with van der Waals surface area (Å²) >= 11 is 5.88. The lowest BCUT2D eigenvalue weighted by Crippen LogP contribution is -2.16. The van der Waals surface area contributed by atoms with Gasteiger partial charge in [0.2, 0.25) is 5.28 Å². The third kappa shape index (κ3) is 1.73. The van der Waals surface area contributed by atoms with Gasteiger partial charge in [-0.3, -0.25) is 0 Å². The van der Waals surface area contributed by atoms with E-state index < -0.39 is 0 Å². The first-order chi connectivity index (χ1) is 7.83. The summed E-state index contributed by atoms with van der Waals surface area (Å²) in [6.45, 7) is 0. The number of aromatic nitrogens is 3. The van der Waals surface area contributed by atoms with Crippen LogP contribution in [0.3, 0.4) is 0 Å². The number of anilines is 1. The molecule has 0 amide bonds. The standard InChI is InChI=1S/C11H13ClN4/c12-11-14-10(13-8-4-1-2-5-8)9-6-3-7-16(9)15-11/h3,6-8H,1-2,4-5H2,(H,13,14,15). The summed E-state index contributed by atoms with van der Waals surface area (Å²) in [5.74, 6) is 0.844. The van der Waals surface area contributed by atoms with Gasteiger partial charge in [-0.2, -0.15) is 4.98 Å². The molecule has 0 bridgehead atoms. The first-order valence-electron chi connectivity index (χ1n) is 5.60. The van der Waals surface area contributed by atoms with Crippen molar-refractivity contribution in [3.05, 3.63) is 23.6 Å². The minimum Gasteiger partial charge on any atom is -0.365 e. The highest BCUT2D eigenvalue weighted by molar-refractivity contribution is 6.28. The highest BCUT2D eigenvalue weighted by Gasteiger charge is 2.16. The van der Waals surface area contributed by atoms with E-state index in [1.807, 2.05) is 18.3 Å². The molecule has 3 rings (SSSR count). The van der Waals surface area contributed by atoms with E-state index in [0.717, 1.165) is 11.3 Å². The molecule has 5 heteroatoms. The fourth-order valence-corrected chi connectivity index (χ4v) is 2.44. The summed E-state index contributed by atoms with van der Waals surface area (Å²) in [4.78, 5) is 4.26. The number of fused-ring (bicyclic) bond motifs is 1. The normalized spacial score (nSPS) is 17.1. The number of rotatable bonds is 2. The van der Waals surface area contributed by atoms with Crippen LogP contribution in [0.5, 0.6) is 0 Å². The lowest BCUT2D eigenvalue weighted by atomic mass is 10.2. The molecule has 0 aliphatic heterocycles. The van der Waals surface area contributed by atoms with Gasteiger partial charge in [-0.1, -0.05) is 12.8 Å². The monoisotopic (exact) mass is 236 g/mol. The molecule has 0 saturated heterocycles. The van der Waals surface area contributed by atoms with Crippen LogP contribution in [0, 0.1) is 0 Å².